The van der Waals surface area contributed by atoms with Gasteiger partial charge in [-0.3, -0.25) is 14.4 Å². The van der Waals surface area contributed by atoms with Crippen LogP contribution in [0.1, 0.15) is 26.2 Å². The summed E-state index contributed by atoms with van der Waals surface area (Å²) in [6.45, 7) is 1.44. The molecule has 0 saturated heterocycles. The van der Waals surface area contributed by atoms with E-state index in [0.29, 0.717) is 6.42 Å². The molecule has 0 aromatic rings. The summed E-state index contributed by atoms with van der Waals surface area (Å²) >= 11 is 0. The fraction of sp³-hybridized carbons (Fsp3) is 0.625. The molecule has 0 radical (unpaired) electrons. The lowest BCUT2D eigenvalue weighted by molar-refractivity contribution is -0.146. The quantitative estimate of drug-likeness (QED) is 0.353. The summed E-state index contributed by atoms with van der Waals surface area (Å²) < 4.78 is 4.64. The van der Waals surface area contributed by atoms with Crippen LogP contribution in [-0.4, -0.2) is 24.3 Å². The predicted molar refractivity (Wildman–Crippen MR) is 44.7 cm³/mol. The molecule has 0 aromatic heterocycles. The molecule has 0 aliphatic rings. The van der Waals surface area contributed by atoms with Crippen molar-refractivity contribution in [1.82, 2.24) is 0 Å². The van der Waals surface area contributed by atoms with E-state index in [-0.39, 0.29) is 25.2 Å². The summed E-state index contributed by atoms with van der Waals surface area (Å²) in [4.78, 5) is 31.4. The minimum absolute atomic E-state index is 0.134. The molecule has 74 valence electrons. The largest absolute Gasteiger partial charge is 0.465 e. The summed E-state index contributed by atoms with van der Waals surface area (Å²) in [6.07, 6.45) is 0.378. The number of hydrogen-bond acceptors (Lipinski definition) is 4. The molecule has 0 fully saturated rings. The van der Waals surface area contributed by atoms with Crippen LogP contribution in [0.4, 0.5) is 0 Å². The number of nitrogens with two attached hydrogens (primary N) is 1. The van der Waals surface area contributed by atoms with Crippen LogP contribution in [0.3, 0.4) is 0 Å². The number of carbonyl (C=O) groups excluding carboxylic acids is 3. The van der Waals surface area contributed by atoms with Crippen molar-refractivity contribution < 1.29 is 19.1 Å². The Bertz CT molecular complexity index is 212. The van der Waals surface area contributed by atoms with Gasteiger partial charge < -0.3 is 10.5 Å². The molecule has 1 amide bonds. The van der Waals surface area contributed by atoms with Gasteiger partial charge in [0.1, 0.15) is 12.2 Å². The van der Waals surface area contributed by atoms with Crippen molar-refractivity contribution in [3.8, 4) is 0 Å². The third-order valence-electron chi connectivity index (χ3n) is 1.22. The zero-order chi connectivity index (χ0) is 10.3. The second-order valence-electron chi connectivity index (χ2n) is 2.67. The highest BCUT2D eigenvalue weighted by atomic mass is 16.5. The lowest BCUT2D eigenvalue weighted by atomic mass is 10.3. The van der Waals surface area contributed by atoms with E-state index in [4.69, 9.17) is 5.73 Å². The number of carbonyl (C=O) groups is 3. The molecule has 0 unspecified atom stereocenters. The molecule has 5 heteroatoms. The molecule has 5 nitrogen and oxygen atoms in total. The second-order valence-corrected chi connectivity index (χ2v) is 2.67. The Kier molecular flexibility index (Phi) is 5.50. The fourth-order valence-electron chi connectivity index (χ4n) is 0.687. The Labute approximate surface area is 76.2 Å². The zero-order valence-corrected chi connectivity index (χ0v) is 7.54. The van der Waals surface area contributed by atoms with E-state index in [2.05, 4.69) is 4.74 Å². The molecule has 0 rings (SSSR count). The first kappa shape index (κ1) is 11.6. The normalized spacial score (nSPS) is 9.31. The number of Topliss-reactive ketones (excluding diaryl/α,β-unsaturated/α-hetero) is 1. The van der Waals surface area contributed by atoms with Gasteiger partial charge >= 0.3 is 5.97 Å². The molecule has 0 heterocycles. The smallest absolute Gasteiger partial charge is 0.313 e. The summed E-state index contributed by atoms with van der Waals surface area (Å²) in [5.41, 5.74) is 4.86. The molecular formula is C8H13NO4. The number of ketones is 1. The van der Waals surface area contributed by atoms with Gasteiger partial charge in [0.2, 0.25) is 5.91 Å². The summed E-state index contributed by atoms with van der Waals surface area (Å²) in [5, 5.41) is 0. The van der Waals surface area contributed by atoms with E-state index >= 15 is 0 Å². The molecule has 0 saturated carbocycles. The van der Waals surface area contributed by atoms with E-state index < -0.39 is 11.9 Å². The standard InChI is InChI=1S/C8H13NO4/c1-6(10)5-8(12)13-4-2-3-7(9)11/h2-5H2,1H3,(H2,9,11). The number of esters is 1. The van der Waals surface area contributed by atoms with Crippen molar-refractivity contribution in [2.24, 2.45) is 5.73 Å². The highest BCUT2D eigenvalue weighted by Gasteiger charge is 2.05. The second kappa shape index (κ2) is 6.16. The summed E-state index contributed by atoms with van der Waals surface area (Å²) in [5.74, 6) is -1.22. The van der Waals surface area contributed by atoms with Crippen molar-refractivity contribution in [2.75, 3.05) is 6.61 Å². The minimum atomic E-state index is -0.558. The Morgan fingerprint density at radius 3 is 2.38 bits per heavy atom. The van der Waals surface area contributed by atoms with Crippen molar-refractivity contribution in [1.29, 1.82) is 0 Å². The van der Waals surface area contributed by atoms with Gasteiger partial charge in [0.05, 0.1) is 6.61 Å². The summed E-state index contributed by atoms with van der Waals surface area (Å²) in [7, 11) is 0. The van der Waals surface area contributed by atoms with E-state index in [9.17, 15) is 14.4 Å². The fourth-order valence-corrected chi connectivity index (χ4v) is 0.687. The molecule has 0 spiro atoms. The molecule has 0 aliphatic carbocycles. The highest BCUT2D eigenvalue weighted by Crippen LogP contribution is 1.92. The first-order chi connectivity index (χ1) is 6.02. The van der Waals surface area contributed by atoms with Crippen LogP contribution >= 0.6 is 0 Å². The van der Waals surface area contributed by atoms with Crippen molar-refractivity contribution >= 4 is 17.7 Å². The van der Waals surface area contributed by atoms with Crippen LogP contribution in [0.5, 0.6) is 0 Å². The van der Waals surface area contributed by atoms with E-state index in [1.165, 1.54) is 6.92 Å². The minimum Gasteiger partial charge on any atom is -0.465 e. The van der Waals surface area contributed by atoms with Crippen molar-refractivity contribution in [2.45, 2.75) is 26.2 Å². The predicted octanol–water partition coefficient (Wildman–Crippen LogP) is -0.226. The molecular weight excluding hydrogens is 174 g/mol. The number of rotatable bonds is 6. The van der Waals surface area contributed by atoms with Crippen LogP contribution in [0.15, 0.2) is 0 Å². The maximum Gasteiger partial charge on any atom is 0.313 e. The number of ether oxygens (including phenoxy) is 1. The van der Waals surface area contributed by atoms with Crippen LogP contribution in [-0.2, 0) is 19.1 Å². The van der Waals surface area contributed by atoms with Crippen LogP contribution in [0.2, 0.25) is 0 Å². The number of primary amides is 1. The van der Waals surface area contributed by atoms with Crippen molar-refractivity contribution in [3.05, 3.63) is 0 Å². The Morgan fingerprint density at radius 2 is 1.92 bits per heavy atom. The van der Waals surface area contributed by atoms with E-state index in [1.807, 2.05) is 0 Å². The molecule has 0 aromatic carbocycles. The van der Waals surface area contributed by atoms with Gasteiger partial charge in [-0.25, -0.2) is 0 Å². The average molecular weight is 187 g/mol. The third-order valence-corrected chi connectivity index (χ3v) is 1.22. The summed E-state index contributed by atoms with van der Waals surface area (Å²) in [6, 6.07) is 0. The van der Waals surface area contributed by atoms with Crippen LogP contribution in [0.25, 0.3) is 0 Å². The van der Waals surface area contributed by atoms with Crippen LogP contribution in [0, 0.1) is 0 Å². The zero-order valence-electron chi connectivity index (χ0n) is 7.54. The lowest BCUT2D eigenvalue weighted by Gasteiger charge is -2.01. The average Bonchev–Trinajstić information content (AvgIpc) is 1.96. The Morgan fingerprint density at radius 1 is 1.31 bits per heavy atom. The molecule has 2 N–H and O–H groups in total. The maximum absolute atomic E-state index is 10.7. The first-order valence-corrected chi connectivity index (χ1v) is 3.95. The van der Waals surface area contributed by atoms with Gasteiger partial charge in [0, 0.05) is 6.42 Å². The van der Waals surface area contributed by atoms with E-state index in [0.717, 1.165) is 0 Å². The number of hydrogen-bond donors (Lipinski definition) is 1. The van der Waals surface area contributed by atoms with Gasteiger partial charge in [-0.15, -0.1) is 0 Å². The number of amides is 1. The van der Waals surface area contributed by atoms with E-state index in [1.54, 1.807) is 0 Å². The lowest BCUT2D eigenvalue weighted by Crippen LogP contribution is -2.13. The van der Waals surface area contributed by atoms with Gasteiger partial charge in [-0.05, 0) is 13.3 Å². The molecule has 0 atom stereocenters. The topological polar surface area (TPSA) is 86.5 Å². The highest BCUT2D eigenvalue weighted by molar-refractivity contribution is 5.94. The van der Waals surface area contributed by atoms with Gasteiger partial charge in [0.25, 0.3) is 0 Å². The van der Waals surface area contributed by atoms with Crippen LogP contribution < -0.4 is 5.73 Å². The monoisotopic (exact) mass is 187 g/mol. The third kappa shape index (κ3) is 8.52. The SMILES string of the molecule is CC(=O)CC(=O)OCCCC(N)=O. The Hall–Kier alpha value is -1.39. The first-order valence-electron chi connectivity index (χ1n) is 3.95. The molecule has 0 bridgehead atoms. The van der Waals surface area contributed by atoms with Gasteiger partial charge in [-0.1, -0.05) is 0 Å². The Balaban J connectivity index is 3.37. The van der Waals surface area contributed by atoms with Gasteiger partial charge in [-0.2, -0.15) is 0 Å². The maximum atomic E-state index is 10.7. The molecule has 13 heavy (non-hydrogen) atoms. The van der Waals surface area contributed by atoms with Gasteiger partial charge in [0.15, 0.2) is 0 Å². The van der Waals surface area contributed by atoms with Crippen molar-refractivity contribution in [3.63, 3.8) is 0 Å². The molecule has 0 aliphatic heterocycles.